The lowest BCUT2D eigenvalue weighted by molar-refractivity contribution is -0.268. The highest BCUT2D eigenvalue weighted by Gasteiger charge is 2.47. The van der Waals surface area contributed by atoms with Gasteiger partial charge in [0.15, 0.2) is 6.29 Å². The van der Waals surface area contributed by atoms with Crippen LogP contribution >= 0.6 is 0 Å². The number of aliphatic hydroxyl groups excluding tert-OH is 3. The molecular formula is C29H53NO9. The maximum atomic E-state index is 13.5. The fraction of sp³-hybridized carbons (Fsp3) is 0.931. The van der Waals surface area contributed by atoms with Gasteiger partial charge in [-0.15, -0.1) is 0 Å². The van der Waals surface area contributed by atoms with Crippen molar-refractivity contribution in [3.05, 3.63) is 0 Å². The van der Waals surface area contributed by atoms with Gasteiger partial charge in [-0.05, 0) is 47.7 Å². The monoisotopic (exact) mass is 559 g/mol. The summed E-state index contributed by atoms with van der Waals surface area (Å²) in [4.78, 5) is 28.6. The zero-order chi connectivity index (χ0) is 30.0. The van der Waals surface area contributed by atoms with Gasteiger partial charge < -0.3 is 39.5 Å². The molecule has 0 amide bonds. The van der Waals surface area contributed by atoms with Crippen molar-refractivity contribution in [1.82, 2.24) is 4.90 Å². The first-order valence-corrected chi connectivity index (χ1v) is 14.4. The van der Waals surface area contributed by atoms with Crippen LogP contribution in [0.4, 0.5) is 0 Å². The van der Waals surface area contributed by atoms with Gasteiger partial charge in [0.2, 0.25) is 0 Å². The summed E-state index contributed by atoms with van der Waals surface area (Å²) in [5.74, 6) is -4.29. The summed E-state index contributed by atoms with van der Waals surface area (Å²) in [5.41, 5.74) is -1.69. The fourth-order valence-electron chi connectivity index (χ4n) is 6.33. The summed E-state index contributed by atoms with van der Waals surface area (Å²) >= 11 is 0. The molecular weight excluding hydrogens is 506 g/mol. The molecule has 39 heavy (non-hydrogen) atoms. The SMILES string of the molecule is CC[C@H]1OC(=O)[C@H](C)[C@@H](OC2CC(N(C)C)C(O)C(C)O2)[C@H](C)[C@@H](O)[C@](C)(O)C[C@@H](C)C(=O)[C@H](C)[C@@H](O)[C@H]1C. The Hall–Kier alpha value is -1.14. The van der Waals surface area contributed by atoms with Gasteiger partial charge in [0, 0.05) is 36.1 Å². The van der Waals surface area contributed by atoms with Gasteiger partial charge in [-0.25, -0.2) is 0 Å². The molecule has 14 atom stereocenters. The second-order valence-corrected chi connectivity index (χ2v) is 12.6. The van der Waals surface area contributed by atoms with Crippen molar-refractivity contribution in [3.63, 3.8) is 0 Å². The van der Waals surface area contributed by atoms with E-state index in [4.69, 9.17) is 14.2 Å². The molecule has 0 aliphatic carbocycles. The molecule has 0 bridgehead atoms. The minimum atomic E-state index is -1.69. The Kier molecular flexibility index (Phi) is 11.9. The van der Waals surface area contributed by atoms with Crippen molar-refractivity contribution in [2.24, 2.45) is 29.6 Å². The Morgan fingerprint density at radius 3 is 2.10 bits per heavy atom. The predicted molar refractivity (Wildman–Crippen MR) is 146 cm³/mol. The largest absolute Gasteiger partial charge is 0.462 e. The topological polar surface area (TPSA) is 146 Å². The van der Waals surface area contributed by atoms with Crippen LogP contribution in [0.2, 0.25) is 0 Å². The second kappa shape index (κ2) is 13.7. The minimum Gasteiger partial charge on any atom is -0.462 e. The van der Waals surface area contributed by atoms with E-state index in [-0.39, 0.29) is 18.2 Å². The molecule has 0 radical (unpaired) electrons. The summed E-state index contributed by atoms with van der Waals surface area (Å²) < 4.78 is 18.2. The van der Waals surface area contributed by atoms with E-state index in [0.29, 0.717) is 12.8 Å². The summed E-state index contributed by atoms with van der Waals surface area (Å²) in [7, 11) is 3.72. The summed E-state index contributed by atoms with van der Waals surface area (Å²) in [6.07, 6.45) is -5.24. The van der Waals surface area contributed by atoms with Crippen LogP contribution < -0.4 is 0 Å². The lowest BCUT2D eigenvalue weighted by atomic mass is 9.75. The van der Waals surface area contributed by atoms with E-state index in [1.54, 1.807) is 41.5 Å². The molecule has 4 N–H and O–H groups in total. The van der Waals surface area contributed by atoms with E-state index in [1.807, 2.05) is 25.9 Å². The van der Waals surface area contributed by atoms with Gasteiger partial charge in [-0.2, -0.15) is 0 Å². The van der Waals surface area contributed by atoms with Crippen LogP contribution in [0, 0.1) is 29.6 Å². The maximum absolute atomic E-state index is 13.5. The number of carbonyl (C=O) groups excluding carboxylic acids is 2. The molecule has 2 rings (SSSR count). The maximum Gasteiger partial charge on any atom is 0.311 e. The number of aliphatic hydroxyl groups is 4. The number of ketones is 1. The Balaban J connectivity index is 2.48. The number of esters is 1. The summed E-state index contributed by atoms with van der Waals surface area (Å²) in [5, 5.41) is 44.4. The van der Waals surface area contributed by atoms with E-state index in [0.717, 1.165) is 0 Å². The van der Waals surface area contributed by atoms with Gasteiger partial charge in [0.1, 0.15) is 11.9 Å². The molecule has 2 aliphatic heterocycles. The van der Waals surface area contributed by atoms with Gasteiger partial charge >= 0.3 is 5.97 Å². The third-order valence-electron chi connectivity index (χ3n) is 9.13. The minimum absolute atomic E-state index is 0.0304. The Labute approximate surface area is 234 Å². The number of hydrogen-bond acceptors (Lipinski definition) is 10. The number of carbonyl (C=O) groups is 2. The number of cyclic esters (lactones) is 1. The first kappa shape index (κ1) is 34.1. The second-order valence-electron chi connectivity index (χ2n) is 12.6. The molecule has 2 aliphatic rings. The number of likely N-dealkylation sites (N-methyl/N-ethyl adjacent to an activating group) is 1. The van der Waals surface area contributed by atoms with Crippen molar-refractivity contribution >= 4 is 11.8 Å². The third kappa shape index (κ3) is 7.78. The van der Waals surface area contributed by atoms with Gasteiger partial charge in [-0.3, -0.25) is 9.59 Å². The van der Waals surface area contributed by atoms with Gasteiger partial charge in [0.05, 0.1) is 42.0 Å². The third-order valence-corrected chi connectivity index (χ3v) is 9.13. The van der Waals surface area contributed by atoms with Crippen LogP contribution in [0.3, 0.4) is 0 Å². The van der Waals surface area contributed by atoms with Crippen molar-refractivity contribution in [2.75, 3.05) is 14.1 Å². The van der Waals surface area contributed by atoms with Crippen molar-refractivity contribution < 1.29 is 44.2 Å². The Bertz CT molecular complexity index is 821. The molecule has 0 spiro atoms. The number of hydrogen-bond donors (Lipinski definition) is 4. The standard InChI is InChI=1S/C29H53NO9/c1-11-21-15(3)24(32)16(4)23(31)14(2)13-29(8,36)27(34)17(5)26(18(6)28(35)38-21)39-22-12-20(30(9)10)25(33)19(7)37-22/h14-22,24-27,32-34,36H,11-13H2,1-10H3/t14-,15+,16+,17+,18-,19?,20?,21-,22?,24+,25?,26+,27-,29-/m1/s1. The highest BCUT2D eigenvalue weighted by atomic mass is 16.7. The van der Waals surface area contributed by atoms with Crippen LogP contribution in [0.25, 0.3) is 0 Å². The summed E-state index contributed by atoms with van der Waals surface area (Å²) in [6.45, 7) is 13.5. The number of nitrogens with zero attached hydrogens (tertiary/aromatic N) is 1. The van der Waals surface area contributed by atoms with Crippen LogP contribution in [-0.4, -0.2) is 106 Å². The average Bonchev–Trinajstić information content (AvgIpc) is 2.87. The van der Waals surface area contributed by atoms with Gasteiger partial charge in [0.25, 0.3) is 0 Å². The smallest absolute Gasteiger partial charge is 0.311 e. The highest BCUT2D eigenvalue weighted by Crippen LogP contribution is 2.36. The summed E-state index contributed by atoms with van der Waals surface area (Å²) in [6, 6.07) is -0.247. The molecule has 2 fully saturated rings. The van der Waals surface area contributed by atoms with Crippen LogP contribution in [0.1, 0.15) is 74.7 Å². The molecule has 0 aromatic carbocycles. The van der Waals surface area contributed by atoms with Crippen LogP contribution in [-0.2, 0) is 23.8 Å². The fourth-order valence-corrected chi connectivity index (χ4v) is 6.33. The molecule has 2 saturated heterocycles. The van der Waals surface area contributed by atoms with E-state index in [1.165, 1.54) is 6.92 Å². The van der Waals surface area contributed by atoms with Crippen LogP contribution in [0.15, 0.2) is 0 Å². The predicted octanol–water partition coefficient (Wildman–Crippen LogP) is 1.75. The molecule has 228 valence electrons. The molecule has 0 aromatic heterocycles. The number of rotatable bonds is 4. The van der Waals surface area contributed by atoms with E-state index in [2.05, 4.69) is 0 Å². The lowest BCUT2D eigenvalue weighted by Crippen LogP contribution is -2.56. The number of Topliss-reactive ketones (excluding diaryl/α,β-unsaturated/α-hetero) is 1. The zero-order valence-electron chi connectivity index (χ0n) is 25.4. The van der Waals surface area contributed by atoms with E-state index in [9.17, 15) is 30.0 Å². The van der Waals surface area contributed by atoms with E-state index >= 15 is 0 Å². The zero-order valence-corrected chi connectivity index (χ0v) is 25.4. The molecule has 0 saturated carbocycles. The molecule has 10 nitrogen and oxygen atoms in total. The Morgan fingerprint density at radius 1 is 0.974 bits per heavy atom. The van der Waals surface area contributed by atoms with E-state index < -0.39 is 84.1 Å². The Morgan fingerprint density at radius 2 is 1.56 bits per heavy atom. The highest BCUT2D eigenvalue weighted by molar-refractivity contribution is 5.83. The molecule has 0 aromatic rings. The van der Waals surface area contributed by atoms with Crippen molar-refractivity contribution in [1.29, 1.82) is 0 Å². The number of ether oxygens (including phenoxy) is 3. The quantitative estimate of drug-likeness (QED) is 0.376. The normalized spacial score (nSPS) is 47.5. The molecule has 2 heterocycles. The van der Waals surface area contributed by atoms with Crippen LogP contribution in [0.5, 0.6) is 0 Å². The molecule has 10 heteroatoms. The first-order chi connectivity index (χ1) is 17.9. The average molecular weight is 560 g/mol. The molecule has 4 unspecified atom stereocenters. The van der Waals surface area contributed by atoms with Crippen molar-refractivity contribution in [2.45, 2.75) is 129 Å². The first-order valence-electron chi connectivity index (χ1n) is 14.4. The lowest BCUT2D eigenvalue weighted by Gasteiger charge is -2.44. The van der Waals surface area contributed by atoms with Gasteiger partial charge in [-0.1, -0.05) is 34.6 Å². The van der Waals surface area contributed by atoms with Crippen molar-refractivity contribution in [3.8, 4) is 0 Å².